The first-order chi connectivity index (χ1) is 6.84. The molecule has 2 aromatic carbocycles. The fraction of sp³-hybridized carbons (Fsp3) is 0.0769. The lowest BCUT2D eigenvalue weighted by molar-refractivity contribution is 0.475. The van der Waals surface area contributed by atoms with Gasteiger partial charge in [0.1, 0.15) is 5.75 Å². The lowest BCUT2D eigenvalue weighted by Crippen LogP contribution is -1.86. The van der Waals surface area contributed by atoms with Gasteiger partial charge in [-0.25, -0.2) is 0 Å². The summed E-state index contributed by atoms with van der Waals surface area (Å²) in [5.74, 6) is 0.321. The van der Waals surface area contributed by atoms with Crippen LogP contribution in [0, 0.1) is 0 Å². The van der Waals surface area contributed by atoms with Crippen molar-refractivity contribution in [3.63, 3.8) is 0 Å². The van der Waals surface area contributed by atoms with Gasteiger partial charge in [-0.3, -0.25) is 0 Å². The van der Waals surface area contributed by atoms with E-state index >= 15 is 0 Å². The summed E-state index contributed by atoms with van der Waals surface area (Å²) in [6.45, 7) is 0. The maximum Gasteiger partial charge on any atom is 0.316 e. The predicted molar refractivity (Wildman–Crippen MR) is 65.9 cm³/mol. The van der Waals surface area contributed by atoms with Crippen molar-refractivity contribution < 1.29 is 5.11 Å². The molecule has 0 aliphatic carbocycles. The highest BCUT2D eigenvalue weighted by Crippen LogP contribution is 2.13. The van der Waals surface area contributed by atoms with Crippen molar-refractivity contribution in [2.75, 3.05) is 0 Å². The summed E-state index contributed by atoms with van der Waals surface area (Å²) in [5, 5.41) is 9.12. The Hall–Kier alpha value is -0.994. The van der Waals surface area contributed by atoms with Crippen LogP contribution in [0.5, 0.6) is 5.75 Å². The number of aromatic hydroxyl groups is 1. The molecule has 0 heterocycles. The third-order valence-corrected chi connectivity index (χ3v) is 2.19. The van der Waals surface area contributed by atoms with Crippen LogP contribution >= 0.6 is 0 Å². The van der Waals surface area contributed by atoms with Crippen molar-refractivity contribution in [2.24, 2.45) is 0 Å². The largest absolute Gasteiger partial charge is 0.508 e. The summed E-state index contributed by atoms with van der Waals surface area (Å²) in [6, 6.07) is 17.6. The normalized spacial score (nSPS) is 9.33. The van der Waals surface area contributed by atoms with Crippen LogP contribution in [-0.2, 0) is 6.42 Å². The van der Waals surface area contributed by atoms with Gasteiger partial charge in [0.25, 0.3) is 0 Å². The van der Waals surface area contributed by atoms with Crippen LogP contribution in [-0.4, -0.2) is 28.2 Å². The van der Waals surface area contributed by atoms with E-state index in [1.54, 1.807) is 12.1 Å². The second-order valence-corrected chi connectivity index (χ2v) is 3.33. The van der Waals surface area contributed by atoms with E-state index in [1.165, 1.54) is 11.1 Å². The summed E-state index contributed by atoms with van der Waals surface area (Å²) < 4.78 is 0. The summed E-state index contributed by atoms with van der Waals surface area (Å²) in [7, 11) is 0. The van der Waals surface area contributed by atoms with E-state index in [1.807, 2.05) is 30.3 Å². The molecular weight excluding hydrogens is 196 g/mol. The zero-order valence-corrected chi connectivity index (χ0v) is 7.85. The van der Waals surface area contributed by atoms with Gasteiger partial charge in [-0.05, 0) is 29.7 Å². The Morgan fingerprint density at radius 2 is 1.27 bits per heavy atom. The topological polar surface area (TPSA) is 20.2 Å². The molecule has 74 valence electrons. The summed E-state index contributed by atoms with van der Waals surface area (Å²) in [4.78, 5) is 0. The number of hydrogen-bond donors (Lipinski definition) is 1. The minimum absolute atomic E-state index is 0. The van der Waals surface area contributed by atoms with Gasteiger partial charge in [0.2, 0.25) is 0 Å². The van der Waals surface area contributed by atoms with E-state index in [9.17, 15) is 0 Å². The van der Waals surface area contributed by atoms with Crippen LogP contribution in [0.1, 0.15) is 11.1 Å². The molecule has 15 heavy (non-hydrogen) atoms. The number of phenolic OH excluding ortho intramolecular Hbond substituents is 1. The SMILES string of the molecule is Oc1ccc(Cc2ccccc2)cc1.[MgH2]. The monoisotopic (exact) mass is 210 g/mol. The Labute approximate surface area is 106 Å². The second-order valence-electron chi connectivity index (χ2n) is 3.33. The fourth-order valence-electron chi connectivity index (χ4n) is 1.45. The van der Waals surface area contributed by atoms with Crippen LogP contribution < -0.4 is 0 Å². The van der Waals surface area contributed by atoms with Crippen LogP contribution in [0.25, 0.3) is 0 Å². The van der Waals surface area contributed by atoms with Crippen LogP contribution in [0.2, 0.25) is 0 Å². The zero-order chi connectivity index (χ0) is 9.80. The molecular formula is C13H14MgO. The zero-order valence-electron chi connectivity index (χ0n) is 7.85. The van der Waals surface area contributed by atoms with Gasteiger partial charge in [0.05, 0.1) is 0 Å². The first kappa shape index (κ1) is 12.1. The van der Waals surface area contributed by atoms with Crippen molar-refractivity contribution in [1.82, 2.24) is 0 Å². The quantitative estimate of drug-likeness (QED) is 0.753. The van der Waals surface area contributed by atoms with E-state index in [-0.39, 0.29) is 23.1 Å². The molecule has 0 saturated carbocycles. The molecule has 0 atom stereocenters. The maximum atomic E-state index is 9.12. The third-order valence-electron chi connectivity index (χ3n) is 2.19. The van der Waals surface area contributed by atoms with E-state index in [2.05, 4.69) is 12.1 Å². The van der Waals surface area contributed by atoms with E-state index in [0.717, 1.165) is 6.42 Å². The average Bonchev–Trinajstić information content (AvgIpc) is 2.23. The minimum atomic E-state index is 0. The molecule has 2 heteroatoms. The highest BCUT2D eigenvalue weighted by atomic mass is 24.3. The van der Waals surface area contributed by atoms with E-state index < -0.39 is 0 Å². The molecule has 0 spiro atoms. The average molecular weight is 211 g/mol. The molecule has 0 aliphatic rings. The second kappa shape index (κ2) is 5.78. The van der Waals surface area contributed by atoms with Crippen molar-refractivity contribution in [3.05, 3.63) is 65.7 Å². The minimum Gasteiger partial charge on any atom is -0.508 e. The summed E-state index contributed by atoms with van der Waals surface area (Å²) in [6.07, 6.45) is 0.918. The predicted octanol–water partition coefficient (Wildman–Crippen LogP) is 2.07. The van der Waals surface area contributed by atoms with Gasteiger partial charge in [-0.1, -0.05) is 42.5 Å². The van der Waals surface area contributed by atoms with E-state index in [0.29, 0.717) is 5.75 Å². The molecule has 0 amide bonds. The van der Waals surface area contributed by atoms with Gasteiger partial charge < -0.3 is 5.11 Å². The van der Waals surface area contributed by atoms with E-state index in [4.69, 9.17) is 5.11 Å². The molecule has 0 aliphatic heterocycles. The van der Waals surface area contributed by atoms with Gasteiger partial charge in [0.15, 0.2) is 0 Å². The standard InChI is InChI=1S/C13H12O.Mg.2H/c14-13-8-6-12(7-9-13)10-11-4-2-1-3-5-11;;;/h1-9,14H,10H2;;;. The highest BCUT2D eigenvalue weighted by molar-refractivity contribution is 5.75. The molecule has 1 nitrogen and oxygen atoms in total. The van der Waals surface area contributed by atoms with Crippen molar-refractivity contribution in [2.45, 2.75) is 6.42 Å². The Morgan fingerprint density at radius 3 is 1.87 bits per heavy atom. The number of hydrogen-bond acceptors (Lipinski definition) is 1. The van der Waals surface area contributed by atoms with Crippen LogP contribution in [0.4, 0.5) is 0 Å². The van der Waals surface area contributed by atoms with Crippen molar-refractivity contribution in [1.29, 1.82) is 0 Å². The Morgan fingerprint density at radius 1 is 0.733 bits per heavy atom. The first-order valence-corrected chi connectivity index (χ1v) is 4.66. The first-order valence-electron chi connectivity index (χ1n) is 4.66. The highest BCUT2D eigenvalue weighted by Gasteiger charge is 1.95. The van der Waals surface area contributed by atoms with Crippen molar-refractivity contribution >= 4 is 23.1 Å². The van der Waals surface area contributed by atoms with Gasteiger partial charge in [-0.15, -0.1) is 0 Å². The molecule has 0 bridgehead atoms. The summed E-state index contributed by atoms with van der Waals surface area (Å²) >= 11 is 0. The molecule has 0 saturated heterocycles. The molecule has 0 fully saturated rings. The number of rotatable bonds is 2. The van der Waals surface area contributed by atoms with Crippen LogP contribution in [0.3, 0.4) is 0 Å². The summed E-state index contributed by atoms with van der Waals surface area (Å²) in [5.41, 5.74) is 2.51. The molecule has 2 aromatic rings. The lowest BCUT2D eigenvalue weighted by Gasteiger charge is -2.01. The third kappa shape index (κ3) is 3.57. The van der Waals surface area contributed by atoms with Crippen LogP contribution in [0.15, 0.2) is 54.6 Å². The molecule has 1 N–H and O–H groups in total. The fourth-order valence-corrected chi connectivity index (χ4v) is 1.45. The smallest absolute Gasteiger partial charge is 0.316 e. The van der Waals surface area contributed by atoms with Gasteiger partial charge in [0, 0.05) is 0 Å². The lowest BCUT2D eigenvalue weighted by atomic mass is 10.1. The van der Waals surface area contributed by atoms with Gasteiger partial charge in [-0.2, -0.15) is 0 Å². The molecule has 0 radical (unpaired) electrons. The van der Waals surface area contributed by atoms with Crippen molar-refractivity contribution in [3.8, 4) is 5.75 Å². The maximum absolute atomic E-state index is 9.12. The number of phenols is 1. The Kier molecular flexibility index (Phi) is 4.66. The Bertz CT molecular complexity index is 395. The molecule has 0 aromatic heterocycles. The molecule has 2 rings (SSSR count). The van der Waals surface area contributed by atoms with Gasteiger partial charge >= 0.3 is 23.1 Å². The molecule has 0 unspecified atom stereocenters. The number of benzene rings is 2. The Balaban J connectivity index is 0.00000112.